The van der Waals surface area contributed by atoms with Crippen LogP contribution in [-0.2, 0) is 11.3 Å². The second-order valence-corrected chi connectivity index (χ2v) is 8.09. The first kappa shape index (κ1) is 24.3. The zero-order chi connectivity index (χ0) is 25.9. The first-order valence-electron chi connectivity index (χ1n) is 11.5. The van der Waals surface area contributed by atoms with Gasteiger partial charge in [0.15, 0.2) is 5.65 Å². The topological polar surface area (TPSA) is 93.3 Å². The van der Waals surface area contributed by atoms with Crippen molar-refractivity contribution < 1.29 is 23.0 Å². The third kappa shape index (κ3) is 4.98. The van der Waals surface area contributed by atoms with Crippen molar-refractivity contribution in [3.05, 3.63) is 71.3 Å². The Labute approximate surface area is 209 Å². The van der Waals surface area contributed by atoms with E-state index >= 15 is 0 Å². The molecule has 11 heteroatoms. The number of alkyl halides is 2. The number of aromatic nitrogens is 5. The van der Waals surface area contributed by atoms with Gasteiger partial charge in [-0.1, -0.05) is 6.07 Å². The van der Waals surface area contributed by atoms with Crippen LogP contribution in [0.3, 0.4) is 0 Å². The second kappa shape index (κ2) is 10.3. The van der Waals surface area contributed by atoms with Crippen molar-refractivity contribution in [2.45, 2.75) is 20.1 Å². The minimum absolute atomic E-state index is 0.0205. The smallest absolute Gasteiger partial charge is 0.387 e. The first-order chi connectivity index (χ1) is 18.0. The Morgan fingerprint density at radius 3 is 2.59 bits per heavy atom. The molecule has 2 aromatic carbocycles. The minimum atomic E-state index is -2.95. The number of fused-ring (bicyclic) bond motifs is 2. The Hall–Kier alpha value is -4.38. The van der Waals surface area contributed by atoms with Gasteiger partial charge in [0, 0.05) is 35.8 Å². The van der Waals surface area contributed by atoms with Crippen LogP contribution in [-0.4, -0.2) is 51.3 Å². The Morgan fingerprint density at radius 2 is 1.86 bits per heavy atom. The van der Waals surface area contributed by atoms with Gasteiger partial charge in [0.1, 0.15) is 5.75 Å². The van der Waals surface area contributed by atoms with E-state index in [1.807, 2.05) is 24.4 Å². The summed E-state index contributed by atoms with van der Waals surface area (Å²) in [6.45, 7) is 0.341. The summed E-state index contributed by atoms with van der Waals surface area (Å²) >= 11 is 0. The Morgan fingerprint density at radius 1 is 1.05 bits per heavy atom. The maximum absolute atomic E-state index is 13.9. The molecule has 0 aliphatic heterocycles. The number of pyridine rings is 1. The van der Waals surface area contributed by atoms with Crippen molar-refractivity contribution in [1.29, 1.82) is 0 Å². The van der Waals surface area contributed by atoms with E-state index in [0.29, 0.717) is 47.6 Å². The van der Waals surface area contributed by atoms with Gasteiger partial charge in [0.2, 0.25) is 0 Å². The number of hydrogen-bond donors (Lipinski definition) is 0. The number of halogens is 2. The zero-order valence-electron chi connectivity index (χ0n) is 20.1. The average Bonchev–Trinajstić information content (AvgIpc) is 3.30. The van der Waals surface area contributed by atoms with Crippen LogP contribution in [0, 0.1) is 0 Å². The highest BCUT2D eigenvalue weighted by Gasteiger charge is 2.17. The maximum atomic E-state index is 13.9. The fourth-order valence-corrected chi connectivity index (χ4v) is 4.05. The number of benzene rings is 2. The number of ether oxygens (including phenoxy) is 3. The fourth-order valence-electron chi connectivity index (χ4n) is 4.05. The Balaban J connectivity index is 1.67. The van der Waals surface area contributed by atoms with Gasteiger partial charge in [-0.15, -0.1) is 0 Å². The van der Waals surface area contributed by atoms with E-state index in [1.165, 1.54) is 28.8 Å². The molecule has 0 spiro atoms. The molecule has 9 nitrogen and oxygen atoms in total. The van der Waals surface area contributed by atoms with E-state index in [1.54, 1.807) is 31.0 Å². The van der Waals surface area contributed by atoms with E-state index in [9.17, 15) is 13.6 Å². The zero-order valence-corrected chi connectivity index (χ0v) is 20.1. The summed E-state index contributed by atoms with van der Waals surface area (Å²) in [6, 6.07) is 13.2. The van der Waals surface area contributed by atoms with Crippen LogP contribution in [0.15, 0.2) is 65.7 Å². The van der Waals surface area contributed by atoms with Crippen molar-refractivity contribution in [3.8, 4) is 28.6 Å². The molecular formula is C26H23F2N5O4. The van der Waals surface area contributed by atoms with Crippen LogP contribution in [0.25, 0.3) is 38.8 Å². The molecule has 0 amide bonds. The van der Waals surface area contributed by atoms with Gasteiger partial charge in [-0.05, 0) is 55.0 Å². The molecule has 0 N–H and O–H groups in total. The molecule has 3 aromatic heterocycles. The standard InChI is InChI=1S/C26H23F2N5O4/c1-3-36-26-29-14-17-13-21(16-4-9-22-18(12-16)15-32(31-22)10-11-35-2)24(34)33(23(17)30-26)19-5-7-20(8-6-19)37-25(27)28/h4-9,12-15,25H,3,10-11H2,1-2H3. The lowest BCUT2D eigenvalue weighted by Crippen LogP contribution is -2.21. The SMILES string of the molecule is CCOc1ncc2cc(-c3ccc4nn(CCOC)cc4c3)c(=O)n(-c3ccc(OC(F)F)cc3)c2n1. The van der Waals surface area contributed by atoms with Crippen LogP contribution >= 0.6 is 0 Å². The molecule has 0 radical (unpaired) electrons. The summed E-state index contributed by atoms with van der Waals surface area (Å²) in [6.07, 6.45) is 3.49. The summed E-state index contributed by atoms with van der Waals surface area (Å²) < 4.78 is 43.5. The van der Waals surface area contributed by atoms with Gasteiger partial charge in [-0.25, -0.2) is 4.98 Å². The molecule has 0 unspecified atom stereocenters. The summed E-state index contributed by atoms with van der Waals surface area (Å²) in [5.74, 6) is -0.0205. The van der Waals surface area contributed by atoms with Crippen molar-refractivity contribution in [3.63, 3.8) is 0 Å². The molecule has 3 heterocycles. The van der Waals surface area contributed by atoms with E-state index in [4.69, 9.17) is 9.47 Å². The van der Waals surface area contributed by atoms with E-state index in [-0.39, 0.29) is 17.3 Å². The monoisotopic (exact) mass is 507 g/mol. The molecule has 0 saturated heterocycles. The minimum Gasteiger partial charge on any atom is -0.464 e. The highest BCUT2D eigenvalue weighted by Crippen LogP contribution is 2.27. The summed E-state index contributed by atoms with van der Waals surface area (Å²) in [4.78, 5) is 22.6. The maximum Gasteiger partial charge on any atom is 0.387 e. The van der Waals surface area contributed by atoms with Gasteiger partial charge in [0.05, 0.1) is 31.0 Å². The predicted octanol–water partition coefficient (Wildman–Crippen LogP) is 4.44. The van der Waals surface area contributed by atoms with Crippen LogP contribution in [0.1, 0.15) is 6.92 Å². The molecule has 0 bridgehead atoms. The normalized spacial score (nSPS) is 11.5. The highest BCUT2D eigenvalue weighted by atomic mass is 19.3. The van der Waals surface area contributed by atoms with Gasteiger partial charge in [-0.2, -0.15) is 18.9 Å². The number of hydrogen-bond acceptors (Lipinski definition) is 7. The van der Waals surface area contributed by atoms with Crippen LogP contribution in [0.4, 0.5) is 8.78 Å². The summed E-state index contributed by atoms with van der Waals surface area (Å²) in [7, 11) is 1.63. The quantitative estimate of drug-likeness (QED) is 0.291. The molecule has 37 heavy (non-hydrogen) atoms. The lowest BCUT2D eigenvalue weighted by atomic mass is 10.0. The summed E-state index contributed by atoms with van der Waals surface area (Å²) in [5.41, 5.74) is 2.30. The van der Waals surface area contributed by atoms with Crippen molar-refractivity contribution >= 4 is 21.9 Å². The largest absolute Gasteiger partial charge is 0.464 e. The highest BCUT2D eigenvalue weighted by molar-refractivity contribution is 5.87. The van der Waals surface area contributed by atoms with Crippen molar-refractivity contribution in [1.82, 2.24) is 24.3 Å². The predicted molar refractivity (Wildman–Crippen MR) is 134 cm³/mol. The van der Waals surface area contributed by atoms with Gasteiger partial charge in [0.25, 0.3) is 5.56 Å². The van der Waals surface area contributed by atoms with Crippen LogP contribution < -0.4 is 15.0 Å². The van der Waals surface area contributed by atoms with Crippen molar-refractivity contribution in [2.24, 2.45) is 0 Å². The van der Waals surface area contributed by atoms with E-state index in [0.717, 1.165) is 10.9 Å². The molecule has 190 valence electrons. The van der Waals surface area contributed by atoms with Gasteiger partial charge < -0.3 is 14.2 Å². The molecule has 0 saturated carbocycles. The van der Waals surface area contributed by atoms with E-state index < -0.39 is 6.61 Å². The van der Waals surface area contributed by atoms with Crippen LogP contribution in [0.2, 0.25) is 0 Å². The fraction of sp³-hybridized carbons (Fsp3) is 0.231. The van der Waals surface area contributed by atoms with Gasteiger partial charge in [-0.3, -0.25) is 14.0 Å². The Bertz CT molecular complexity index is 1620. The van der Waals surface area contributed by atoms with Crippen LogP contribution in [0.5, 0.6) is 11.8 Å². The lowest BCUT2D eigenvalue weighted by molar-refractivity contribution is -0.0498. The molecular weight excluding hydrogens is 484 g/mol. The third-order valence-electron chi connectivity index (χ3n) is 5.70. The third-order valence-corrected chi connectivity index (χ3v) is 5.70. The molecule has 5 rings (SSSR count). The average molecular weight is 507 g/mol. The number of methoxy groups -OCH3 is 1. The Kier molecular flexibility index (Phi) is 6.78. The van der Waals surface area contributed by atoms with Gasteiger partial charge >= 0.3 is 12.6 Å². The molecule has 5 aromatic rings. The first-order valence-corrected chi connectivity index (χ1v) is 11.5. The second-order valence-electron chi connectivity index (χ2n) is 8.09. The number of nitrogens with zero attached hydrogens (tertiary/aromatic N) is 5. The molecule has 0 atom stereocenters. The molecule has 0 aliphatic carbocycles. The number of rotatable bonds is 9. The van der Waals surface area contributed by atoms with E-state index in [2.05, 4.69) is 19.8 Å². The van der Waals surface area contributed by atoms with Crippen molar-refractivity contribution in [2.75, 3.05) is 20.3 Å². The summed E-state index contributed by atoms with van der Waals surface area (Å²) in [5, 5.41) is 6.00. The lowest BCUT2D eigenvalue weighted by Gasteiger charge is -2.14. The molecule has 0 fully saturated rings. The molecule has 0 aliphatic rings.